The second kappa shape index (κ2) is 5.98. The Morgan fingerprint density at radius 1 is 1.27 bits per heavy atom. The maximum absolute atomic E-state index is 11.3. The molecule has 0 aliphatic rings. The van der Waals surface area contributed by atoms with Crippen LogP contribution in [0.2, 0.25) is 0 Å². The minimum absolute atomic E-state index is 0.0405. The topological polar surface area (TPSA) is 46.2 Å². The maximum atomic E-state index is 11.3. The molecular weight excluding hydrogens is 234 g/mol. The van der Waals surface area contributed by atoms with Gasteiger partial charge in [-0.15, -0.1) is 11.6 Å². The predicted molar refractivity (Wildman–Crippen MR) is 63.1 cm³/mol. The number of benzene rings is 1. The predicted octanol–water partition coefficient (Wildman–Crippen LogP) is 1.55. The minimum Gasteiger partial charge on any atom is -0.384 e. The van der Waals surface area contributed by atoms with E-state index in [9.17, 15) is 8.42 Å². The molecule has 0 fully saturated rings. The van der Waals surface area contributed by atoms with Crippen molar-refractivity contribution in [2.24, 2.45) is 0 Å². The van der Waals surface area contributed by atoms with E-state index in [1.807, 2.05) is 12.1 Å². The van der Waals surface area contributed by atoms with Gasteiger partial charge < -0.3 is 5.32 Å². The van der Waals surface area contributed by atoms with Gasteiger partial charge in [-0.05, 0) is 18.2 Å². The first-order valence-electron chi connectivity index (χ1n) is 4.60. The second-order valence-corrected chi connectivity index (χ2v) is 5.74. The molecule has 0 aliphatic heterocycles. The highest BCUT2D eigenvalue weighted by atomic mass is 35.5. The SMILES string of the molecule is O=S(=O)(CCCl)CCNc1cc[c]cc1. The Bertz CT molecular complexity index is 378. The van der Waals surface area contributed by atoms with Gasteiger partial charge in [-0.25, -0.2) is 8.42 Å². The van der Waals surface area contributed by atoms with Gasteiger partial charge >= 0.3 is 0 Å². The smallest absolute Gasteiger partial charge is 0.153 e. The van der Waals surface area contributed by atoms with Crippen molar-refractivity contribution >= 4 is 27.1 Å². The molecule has 0 amide bonds. The minimum atomic E-state index is -3.00. The van der Waals surface area contributed by atoms with Crippen LogP contribution in [0.15, 0.2) is 24.3 Å². The Labute approximate surface area is 95.4 Å². The number of alkyl halides is 1. The number of sulfone groups is 1. The Morgan fingerprint density at radius 3 is 2.53 bits per heavy atom. The quantitative estimate of drug-likeness (QED) is 0.775. The van der Waals surface area contributed by atoms with Gasteiger partial charge in [0.2, 0.25) is 0 Å². The Hall–Kier alpha value is -0.740. The van der Waals surface area contributed by atoms with Crippen molar-refractivity contribution in [1.29, 1.82) is 0 Å². The summed E-state index contributed by atoms with van der Waals surface area (Å²) in [6.45, 7) is 0.406. The third-order valence-electron chi connectivity index (χ3n) is 1.85. The molecule has 1 aromatic carbocycles. The summed E-state index contributed by atoms with van der Waals surface area (Å²) in [5.41, 5.74) is 0.898. The molecule has 0 aliphatic carbocycles. The average molecular weight is 247 g/mol. The molecule has 1 aromatic rings. The molecular formula is C10H13ClNO2S. The van der Waals surface area contributed by atoms with E-state index in [1.54, 1.807) is 12.1 Å². The molecule has 1 radical (unpaired) electrons. The first-order chi connectivity index (χ1) is 7.14. The highest BCUT2D eigenvalue weighted by Crippen LogP contribution is 2.04. The van der Waals surface area contributed by atoms with Crippen LogP contribution >= 0.6 is 11.6 Å². The van der Waals surface area contributed by atoms with Gasteiger partial charge in [0.05, 0.1) is 11.5 Å². The normalized spacial score (nSPS) is 11.3. The van der Waals surface area contributed by atoms with Crippen LogP contribution in [-0.4, -0.2) is 32.3 Å². The number of anilines is 1. The van der Waals surface area contributed by atoms with Crippen molar-refractivity contribution in [2.75, 3.05) is 29.2 Å². The van der Waals surface area contributed by atoms with E-state index in [1.165, 1.54) is 0 Å². The van der Waals surface area contributed by atoms with Crippen LogP contribution in [-0.2, 0) is 9.84 Å². The lowest BCUT2D eigenvalue weighted by Crippen LogP contribution is -2.19. The van der Waals surface area contributed by atoms with Gasteiger partial charge in [-0.3, -0.25) is 0 Å². The van der Waals surface area contributed by atoms with Crippen molar-refractivity contribution in [2.45, 2.75) is 0 Å². The van der Waals surface area contributed by atoms with Crippen LogP contribution in [0.1, 0.15) is 0 Å². The van der Waals surface area contributed by atoms with Crippen molar-refractivity contribution in [3.05, 3.63) is 30.3 Å². The fourth-order valence-corrected chi connectivity index (χ4v) is 2.63. The zero-order chi connectivity index (χ0) is 11.1. The molecule has 0 spiro atoms. The summed E-state index contributed by atoms with van der Waals surface area (Å²) in [5, 5.41) is 3.02. The molecule has 0 saturated carbocycles. The molecule has 0 bridgehead atoms. The van der Waals surface area contributed by atoms with Gasteiger partial charge in [-0.2, -0.15) is 0 Å². The van der Waals surface area contributed by atoms with Gasteiger partial charge in [0.25, 0.3) is 0 Å². The molecule has 0 heterocycles. The molecule has 0 atom stereocenters. The molecule has 15 heavy (non-hydrogen) atoms. The van der Waals surface area contributed by atoms with Crippen LogP contribution in [0.5, 0.6) is 0 Å². The second-order valence-electron chi connectivity index (χ2n) is 3.06. The Balaban J connectivity index is 2.34. The van der Waals surface area contributed by atoms with Crippen molar-refractivity contribution in [1.82, 2.24) is 0 Å². The molecule has 0 unspecified atom stereocenters. The van der Waals surface area contributed by atoms with E-state index in [4.69, 9.17) is 11.6 Å². The number of halogens is 1. The maximum Gasteiger partial charge on any atom is 0.153 e. The van der Waals surface area contributed by atoms with Gasteiger partial charge in [-0.1, -0.05) is 12.1 Å². The van der Waals surface area contributed by atoms with E-state index in [0.29, 0.717) is 6.54 Å². The molecule has 83 valence electrons. The van der Waals surface area contributed by atoms with Gasteiger partial charge in [0.1, 0.15) is 0 Å². The lowest BCUT2D eigenvalue weighted by molar-refractivity contribution is 0.598. The summed E-state index contributed by atoms with van der Waals surface area (Å²) in [6, 6.07) is 10.1. The van der Waals surface area contributed by atoms with Gasteiger partial charge in [0.15, 0.2) is 9.84 Å². The van der Waals surface area contributed by atoms with Crippen molar-refractivity contribution < 1.29 is 8.42 Å². The van der Waals surface area contributed by atoms with E-state index in [2.05, 4.69) is 11.4 Å². The van der Waals surface area contributed by atoms with Crippen LogP contribution in [0, 0.1) is 6.07 Å². The number of nitrogens with one attached hydrogen (secondary N) is 1. The molecule has 0 saturated heterocycles. The van der Waals surface area contributed by atoms with E-state index >= 15 is 0 Å². The third kappa shape index (κ3) is 5.04. The molecule has 1 rings (SSSR count). The van der Waals surface area contributed by atoms with Crippen molar-refractivity contribution in [3.8, 4) is 0 Å². The standard InChI is InChI=1S/C10H13ClNO2S/c11-6-8-15(13,14)9-7-12-10-4-2-1-3-5-10/h2-5,12H,6-9H2. The highest BCUT2D eigenvalue weighted by Gasteiger charge is 2.08. The summed E-state index contributed by atoms with van der Waals surface area (Å²) >= 11 is 5.38. The number of rotatable bonds is 6. The lowest BCUT2D eigenvalue weighted by atomic mass is 10.3. The van der Waals surface area contributed by atoms with Crippen LogP contribution in [0.3, 0.4) is 0 Å². The van der Waals surface area contributed by atoms with E-state index < -0.39 is 9.84 Å². The first-order valence-corrected chi connectivity index (χ1v) is 6.96. The van der Waals surface area contributed by atoms with Gasteiger partial charge in [0, 0.05) is 18.1 Å². The summed E-state index contributed by atoms with van der Waals surface area (Å²) in [4.78, 5) is 0. The van der Waals surface area contributed by atoms with Crippen LogP contribution in [0.4, 0.5) is 5.69 Å². The zero-order valence-electron chi connectivity index (χ0n) is 8.24. The van der Waals surface area contributed by atoms with Crippen molar-refractivity contribution in [3.63, 3.8) is 0 Å². The fourth-order valence-electron chi connectivity index (χ4n) is 1.08. The Kier molecular flexibility index (Phi) is 4.91. The third-order valence-corrected chi connectivity index (χ3v) is 3.91. The first kappa shape index (κ1) is 12.3. The highest BCUT2D eigenvalue weighted by molar-refractivity contribution is 7.91. The number of hydrogen-bond donors (Lipinski definition) is 1. The summed E-state index contributed by atoms with van der Waals surface area (Å²) in [5.74, 6) is 0.305. The van der Waals surface area contributed by atoms with E-state index in [-0.39, 0.29) is 17.4 Å². The molecule has 5 heteroatoms. The summed E-state index contributed by atoms with van der Waals surface area (Å²) in [6.07, 6.45) is 0. The monoisotopic (exact) mass is 246 g/mol. The molecule has 1 N–H and O–H groups in total. The largest absolute Gasteiger partial charge is 0.384 e. The summed E-state index contributed by atoms with van der Waals surface area (Å²) in [7, 11) is -3.00. The fraction of sp³-hybridized carbons (Fsp3) is 0.400. The van der Waals surface area contributed by atoms with Crippen LogP contribution in [0.25, 0.3) is 0 Å². The van der Waals surface area contributed by atoms with E-state index in [0.717, 1.165) is 5.69 Å². The lowest BCUT2D eigenvalue weighted by Gasteiger charge is -2.05. The molecule has 3 nitrogen and oxygen atoms in total. The average Bonchev–Trinajstić information content (AvgIpc) is 2.19. The number of hydrogen-bond acceptors (Lipinski definition) is 3. The zero-order valence-corrected chi connectivity index (χ0v) is 9.81. The Morgan fingerprint density at radius 2 is 1.93 bits per heavy atom. The van der Waals surface area contributed by atoms with Crippen LogP contribution < -0.4 is 5.32 Å². The summed E-state index contributed by atoms with van der Waals surface area (Å²) < 4.78 is 22.6. The molecule has 0 aromatic heterocycles.